The quantitative estimate of drug-likeness (QED) is 0.922. The minimum absolute atomic E-state index is 0.414. The fourth-order valence-electron chi connectivity index (χ4n) is 3.02. The number of benzene rings is 1. The van der Waals surface area contributed by atoms with Crippen LogP contribution >= 0.6 is 15.9 Å². The van der Waals surface area contributed by atoms with Crippen molar-refractivity contribution in [3.8, 4) is 0 Å². The van der Waals surface area contributed by atoms with Gasteiger partial charge in [-0.25, -0.2) is 4.79 Å². The van der Waals surface area contributed by atoms with Gasteiger partial charge in [-0.2, -0.15) is 0 Å². The molecule has 4 nitrogen and oxygen atoms in total. The first-order valence-corrected chi connectivity index (χ1v) is 7.96. The molecule has 0 amide bonds. The van der Waals surface area contributed by atoms with Gasteiger partial charge in [-0.3, -0.25) is 9.88 Å². The van der Waals surface area contributed by atoms with E-state index in [1.165, 1.54) is 0 Å². The molecule has 0 radical (unpaired) electrons. The van der Waals surface area contributed by atoms with Crippen LogP contribution in [0.25, 0.3) is 10.9 Å². The molecule has 0 saturated heterocycles. The number of pyridine rings is 1. The minimum atomic E-state index is -0.866. The molecule has 1 N–H and O–H groups in total. The Labute approximate surface area is 131 Å². The average Bonchev–Trinajstić information content (AvgIpc) is 2.45. The molecule has 21 heavy (non-hydrogen) atoms. The molecule has 110 valence electrons. The molecule has 0 atom stereocenters. The van der Waals surface area contributed by atoms with Gasteiger partial charge < -0.3 is 5.11 Å². The molecule has 1 aromatic carbocycles. The average molecular weight is 349 g/mol. The number of fused-ring (bicyclic) bond motifs is 2. The molecule has 2 aromatic rings. The normalized spacial score (nSPS) is 15.1. The molecule has 0 bridgehead atoms. The van der Waals surface area contributed by atoms with Crippen molar-refractivity contribution in [1.82, 2.24) is 9.88 Å². The van der Waals surface area contributed by atoms with Gasteiger partial charge >= 0.3 is 5.97 Å². The number of hydrogen-bond acceptors (Lipinski definition) is 3. The first-order chi connectivity index (χ1) is 10.1. The van der Waals surface area contributed by atoms with Crippen LogP contribution in [0.3, 0.4) is 0 Å². The Morgan fingerprint density at radius 3 is 3.00 bits per heavy atom. The predicted octanol–water partition coefficient (Wildman–Crippen LogP) is 3.46. The summed E-state index contributed by atoms with van der Waals surface area (Å²) >= 11 is 3.42. The molecule has 0 unspecified atom stereocenters. The molecule has 0 aliphatic carbocycles. The lowest BCUT2D eigenvalue weighted by atomic mass is 9.96. The van der Waals surface area contributed by atoms with Crippen molar-refractivity contribution < 1.29 is 9.90 Å². The van der Waals surface area contributed by atoms with E-state index in [2.05, 4.69) is 32.7 Å². The van der Waals surface area contributed by atoms with E-state index < -0.39 is 5.97 Å². The maximum absolute atomic E-state index is 11.8. The molecule has 0 spiro atoms. The molecule has 1 aromatic heterocycles. The third-order valence-electron chi connectivity index (χ3n) is 3.93. The van der Waals surface area contributed by atoms with Crippen LogP contribution in [0.15, 0.2) is 22.7 Å². The van der Waals surface area contributed by atoms with Gasteiger partial charge in [0.2, 0.25) is 0 Å². The highest BCUT2D eigenvalue weighted by atomic mass is 79.9. The van der Waals surface area contributed by atoms with Gasteiger partial charge in [-0.05, 0) is 31.2 Å². The van der Waals surface area contributed by atoms with E-state index >= 15 is 0 Å². The van der Waals surface area contributed by atoms with E-state index in [1.807, 2.05) is 18.2 Å². The van der Waals surface area contributed by atoms with Crippen LogP contribution < -0.4 is 0 Å². The summed E-state index contributed by atoms with van der Waals surface area (Å²) in [5.74, 6) is -0.866. The van der Waals surface area contributed by atoms with Crippen LogP contribution in [0.4, 0.5) is 0 Å². The number of rotatable bonds is 3. The Kier molecular flexibility index (Phi) is 3.95. The Morgan fingerprint density at radius 2 is 2.29 bits per heavy atom. The summed E-state index contributed by atoms with van der Waals surface area (Å²) in [7, 11) is 0. The van der Waals surface area contributed by atoms with E-state index in [1.54, 1.807) is 0 Å². The Morgan fingerprint density at radius 1 is 1.48 bits per heavy atom. The summed E-state index contributed by atoms with van der Waals surface area (Å²) in [6.45, 7) is 4.77. The lowest BCUT2D eigenvalue weighted by Gasteiger charge is -2.29. The number of nitrogens with zero attached hydrogens (tertiary/aromatic N) is 2. The second-order valence-corrected chi connectivity index (χ2v) is 6.32. The molecule has 5 heteroatoms. The Bertz CT molecular complexity index is 715. The Balaban J connectivity index is 2.21. The van der Waals surface area contributed by atoms with Crippen LogP contribution in [-0.2, 0) is 13.0 Å². The van der Waals surface area contributed by atoms with Gasteiger partial charge in [0.25, 0.3) is 0 Å². The van der Waals surface area contributed by atoms with Crippen molar-refractivity contribution in [3.05, 3.63) is 39.5 Å². The fourth-order valence-corrected chi connectivity index (χ4v) is 3.38. The summed E-state index contributed by atoms with van der Waals surface area (Å²) in [5, 5.41) is 10.4. The van der Waals surface area contributed by atoms with Gasteiger partial charge in [-0.1, -0.05) is 22.9 Å². The van der Waals surface area contributed by atoms with E-state index in [0.29, 0.717) is 17.5 Å². The summed E-state index contributed by atoms with van der Waals surface area (Å²) < 4.78 is 0.875. The number of carboxylic acids is 1. The number of aromatic nitrogens is 1. The van der Waals surface area contributed by atoms with E-state index in [4.69, 9.17) is 0 Å². The van der Waals surface area contributed by atoms with Crippen molar-refractivity contribution >= 4 is 32.8 Å². The maximum atomic E-state index is 11.8. The topological polar surface area (TPSA) is 53.4 Å². The lowest BCUT2D eigenvalue weighted by Crippen LogP contribution is -2.33. The molecular weight excluding hydrogens is 332 g/mol. The van der Waals surface area contributed by atoms with Crippen molar-refractivity contribution in [2.24, 2.45) is 0 Å². The number of hydrogen-bond donors (Lipinski definition) is 1. The minimum Gasteiger partial charge on any atom is -0.478 e. The highest BCUT2D eigenvalue weighted by Crippen LogP contribution is 2.30. The molecule has 0 fully saturated rings. The van der Waals surface area contributed by atoms with Crippen LogP contribution in [0.2, 0.25) is 0 Å². The van der Waals surface area contributed by atoms with Crippen molar-refractivity contribution in [1.29, 1.82) is 0 Å². The SMILES string of the molecule is CCCN1CCc2nc3ccc(Br)cc3c(C(=O)O)c2C1. The third-order valence-corrected chi connectivity index (χ3v) is 4.43. The summed E-state index contributed by atoms with van der Waals surface area (Å²) in [6.07, 6.45) is 1.89. The van der Waals surface area contributed by atoms with Crippen LogP contribution in [0, 0.1) is 0 Å². The standard InChI is InChI=1S/C16H17BrN2O2/c1-2-6-19-7-5-14-12(9-19)15(16(20)21)11-8-10(17)3-4-13(11)18-14/h3-4,8H,2,5-7,9H2,1H3,(H,20,21). The number of carbonyl (C=O) groups is 1. The van der Waals surface area contributed by atoms with Gasteiger partial charge in [-0.15, -0.1) is 0 Å². The number of halogens is 1. The second kappa shape index (κ2) is 5.73. The predicted molar refractivity (Wildman–Crippen MR) is 85.7 cm³/mol. The summed E-state index contributed by atoms with van der Waals surface area (Å²) in [6, 6.07) is 5.63. The monoisotopic (exact) mass is 348 g/mol. The summed E-state index contributed by atoms with van der Waals surface area (Å²) in [5.41, 5.74) is 3.00. The zero-order chi connectivity index (χ0) is 15.0. The zero-order valence-corrected chi connectivity index (χ0v) is 13.5. The molecule has 1 aliphatic rings. The largest absolute Gasteiger partial charge is 0.478 e. The van der Waals surface area contributed by atoms with Crippen LogP contribution in [-0.4, -0.2) is 34.0 Å². The lowest BCUT2D eigenvalue weighted by molar-refractivity contribution is 0.0695. The highest BCUT2D eigenvalue weighted by molar-refractivity contribution is 9.10. The molecule has 1 aliphatic heterocycles. The third kappa shape index (κ3) is 2.68. The fraction of sp³-hybridized carbons (Fsp3) is 0.375. The maximum Gasteiger partial charge on any atom is 0.336 e. The van der Waals surface area contributed by atoms with Gasteiger partial charge in [0.05, 0.1) is 11.1 Å². The van der Waals surface area contributed by atoms with Crippen molar-refractivity contribution in [2.45, 2.75) is 26.3 Å². The smallest absolute Gasteiger partial charge is 0.336 e. The molecule has 2 heterocycles. The van der Waals surface area contributed by atoms with Crippen LogP contribution in [0.1, 0.15) is 35.0 Å². The first kappa shape index (κ1) is 14.5. The second-order valence-electron chi connectivity index (χ2n) is 5.40. The molecular formula is C16H17BrN2O2. The molecule has 0 saturated carbocycles. The van der Waals surface area contributed by atoms with E-state index in [-0.39, 0.29) is 0 Å². The van der Waals surface area contributed by atoms with Crippen molar-refractivity contribution in [3.63, 3.8) is 0 Å². The molecule has 3 rings (SSSR count). The zero-order valence-electron chi connectivity index (χ0n) is 11.9. The highest BCUT2D eigenvalue weighted by Gasteiger charge is 2.25. The number of aromatic carboxylic acids is 1. The van der Waals surface area contributed by atoms with Crippen LogP contribution in [0.5, 0.6) is 0 Å². The van der Waals surface area contributed by atoms with E-state index in [9.17, 15) is 9.90 Å². The van der Waals surface area contributed by atoms with E-state index in [0.717, 1.165) is 47.2 Å². The first-order valence-electron chi connectivity index (χ1n) is 7.16. The van der Waals surface area contributed by atoms with Crippen molar-refractivity contribution in [2.75, 3.05) is 13.1 Å². The Hall–Kier alpha value is -1.46. The van der Waals surface area contributed by atoms with Gasteiger partial charge in [0.1, 0.15) is 0 Å². The number of carboxylic acid groups (broad SMARTS) is 1. The van der Waals surface area contributed by atoms with Gasteiger partial charge in [0.15, 0.2) is 0 Å². The van der Waals surface area contributed by atoms with Gasteiger partial charge in [0, 0.05) is 40.6 Å². The summed E-state index contributed by atoms with van der Waals surface area (Å²) in [4.78, 5) is 18.8.